The molecule has 7 nitrogen and oxygen atoms in total. The first-order chi connectivity index (χ1) is 11.0. The van der Waals surface area contributed by atoms with Crippen LogP contribution < -0.4 is 9.47 Å². The number of nitrogens with zero attached hydrogens (tertiary/aromatic N) is 3. The number of ether oxygens (including phenoxy) is 2. The average Bonchev–Trinajstić information content (AvgIpc) is 2.50. The molecule has 0 unspecified atom stereocenters. The Kier molecular flexibility index (Phi) is 3.84. The van der Waals surface area contributed by atoms with Crippen molar-refractivity contribution in [2.24, 2.45) is 0 Å². The predicted octanol–water partition coefficient (Wildman–Crippen LogP) is 2.51. The molecule has 23 heavy (non-hydrogen) atoms. The van der Waals surface area contributed by atoms with Crippen LogP contribution in [-0.2, 0) is 0 Å². The smallest absolute Gasteiger partial charge is 0.407 e. The van der Waals surface area contributed by atoms with E-state index in [-0.39, 0.29) is 11.7 Å². The van der Waals surface area contributed by atoms with Crippen LogP contribution in [0.2, 0.25) is 5.02 Å². The molecular weight excluding hydrogens is 322 g/mol. The van der Waals surface area contributed by atoms with Crippen molar-refractivity contribution in [1.82, 2.24) is 9.88 Å². The zero-order valence-corrected chi connectivity index (χ0v) is 12.9. The number of benzene rings is 1. The zero-order valence-electron chi connectivity index (χ0n) is 12.1. The number of carbonyl (C=O) groups is 1. The van der Waals surface area contributed by atoms with Gasteiger partial charge in [0.15, 0.2) is 11.5 Å². The molecule has 0 atom stereocenters. The molecule has 3 rings (SSSR count). The quantitative estimate of drug-likeness (QED) is 0.927. The standard InChI is InChI=1S/C15H12ClN3O4/c1-22-12-3-11-10(14(16)8(4-17)5-18-11)2-13(12)23-9-6-19(7-9)15(20)21/h2-3,5,9H,6-7H2,1H3,(H,20,21). The summed E-state index contributed by atoms with van der Waals surface area (Å²) in [6.45, 7) is 0.585. The number of methoxy groups -OCH3 is 1. The fourth-order valence-electron chi connectivity index (χ4n) is 2.35. The van der Waals surface area contributed by atoms with Crippen LogP contribution in [0.25, 0.3) is 10.9 Å². The molecule has 2 aromatic rings. The number of hydrogen-bond donors (Lipinski definition) is 1. The van der Waals surface area contributed by atoms with Gasteiger partial charge in [-0.2, -0.15) is 5.26 Å². The van der Waals surface area contributed by atoms with E-state index in [1.54, 1.807) is 12.1 Å². The third kappa shape index (κ3) is 2.69. The van der Waals surface area contributed by atoms with Crippen molar-refractivity contribution < 1.29 is 19.4 Å². The molecular formula is C15H12ClN3O4. The van der Waals surface area contributed by atoms with Crippen LogP contribution in [0, 0.1) is 11.3 Å². The zero-order chi connectivity index (χ0) is 16.6. The molecule has 1 aromatic heterocycles. The van der Waals surface area contributed by atoms with Crippen molar-refractivity contribution in [3.8, 4) is 17.6 Å². The topological polar surface area (TPSA) is 95.7 Å². The predicted molar refractivity (Wildman–Crippen MR) is 82.0 cm³/mol. The van der Waals surface area contributed by atoms with Crippen molar-refractivity contribution in [2.75, 3.05) is 20.2 Å². The molecule has 0 saturated carbocycles. The molecule has 8 heteroatoms. The molecule has 1 aromatic carbocycles. The van der Waals surface area contributed by atoms with E-state index in [9.17, 15) is 4.79 Å². The van der Waals surface area contributed by atoms with Crippen LogP contribution in [-0.4, -0.2) is 47.4 Å². The maximum absolute atomic E-state index is 10.8. The minimum Gasteiger partial charge on any atom is -0.493 e. The van der Waals surface area contributed by atoms with Crippen molar-refractivity contribution in [3.63, 3.8) is 0 Å². The second-order valence-corrected chi connectivity index (χ2v) is 5.42. The molecule has 1 saturated heterocycles. The Hall–Kier alpha value is -2.72. The monoisotopic (exact) mass is 333 g/mol. The van der Waals surface area contributed by atoms with Gasteiger partial charge in [-0.25, -0.2) is 4.79 Å². The van der Waals surface area contributed by atoms with Gasteiger partial charge in [0.25, 0.3) is 0 Å². The van der Waals surface area contributed by atoms with E-state index in [1.807, 2.05) is 6.07 Å². The number of hydrogen-bond acceptors (Lipinski definition) is 5. The maximum Gasteiger partial charge on any atom is 0.407 e. The summed E-state index contributed by atoms with van der Waals surface area (Å²) < 4.78 is 11.1. The molecule has 1 N–H and O–H groups in total. The van der Waals surface area contributed by atoms with E-state index in [0.29, 0.717) is 40.5 Å². The first-order valence-corrected chi connectivity index (χ1v) is 7.12. The Morgan fingerprint density at radius 2 is 2.22 bits per heavy atom. The molecule has 0 aliphatic carbocycles. The lowest BCUT2D eigenvalue weighted by atomic mass is 10.1. The summed E-state index contributed by atoms with van der Waals surface area (Å²) in [4.78, 5) is 16.2. The first-order valence-electron chi connectivity index (χ1n) is 6.74. The Morgan fingerprint density at radius 3 is 2.83 bits per heavy atom. The second-order valence-electron chi connectivity index (χ2n) is 5.05. The summed E-state index contributed by atoms with van der Waals surface area (Å²) in [5.74, 6) is 0.911. The molecule has 1 fully saturated rings. The van der Waals surface area contributed by atoms with E-state index in [0.717, 1.165) is 0 Å². The van der Waals surface area contributed by atoms with Crippen LogP contribution in [0.3, 0.4) is 0 Å². The first kappa shape index (κ1) is 15.2. The lowest BCUT2D eigenvalue weighted by molar-refractivity contribution is 0.0240. The Bertz CT molecular complexity index is 828. The van der Waals surface area contributed by atoms with Gasteiger partial charge in [-0.05, 0) is 6.07 Å². The average molecular weight is 334 g/mol. The normalized spacial score (nSPS) is 14.2. The summed E-state index contributed by atoms with van der Waals surface area (Å²) in [7, 11) is 1.50. The van der Waals surface area contributed by atoms with Crippen molar-refractivity contribution in [2.45, 2.75) is 6.10 Å². The number of rotatable bonds is 3. The largest absolute Gasteiger partial charge is 0.493 e. The molecule has 1 aliphatic rings. The molecule has 0 bridgehead atoms. The fraction of sp³-hybridized carbons (Fsp3) is 0.267. The van der Waals surface area contributed by atoms with Crippen molar-refractivity contribution in [1.29, 1.82) is 5.26 Å². The van der Waals surface area contributed by atoms with Crippen LogP contribution in [0.15, 0.2) is 18.3 Å². The summed E-state index contributed by atoms with van der Waals surface area (Å²) in [5.41, 5.74) is 0.856. The van der Waals surface area contributed by atoms with Crippen LogP contribution in [0.4, 0.5) is 4.79 Å². The van der Waals surface area contributed by atoms with Gasteiger partial charge in [0.1, 0.15) is 12.2 Å². The van der Waals surface area contributed by atoms with E-state index >= 15 is 0 Å². The molecule has 1 amide bonds. The second kappa shape index (κ2) is 5.82. The highest BCUT2D eigenvalue weighted by Gasteiger charge is 2.32. The van der Waals surface area contributed by atoms with Gasteiger partial charge in [0.05, 0.1) is 36.3 Å². The third-order valence-corrected chi connectivity index (χ3v) is 4.03. The molecule has 0 spiro atoms. The van der Waals surface area contributed by atoms with Crippen LogP contribution in [0.1, 0.15) is 5.56 Å². The van der Waals surface area contributed by atoms with Gasteiger partial charge in [0, 0.05) is 17.6 Å². The van der Waals surface area contributed by atoms with Gasteiger partial charge in [0.2, 0.25) is 0 Å². The van der Waals surface area contributed by atoms with E-state index in [1.165, 1.54) is 18.2 Å². The van der Waals surface area contributed by atoms with E-state index in [2.05, 4.69) is 4.98 Å². The molecule has 118 valence electrons. The minimum absolute atomic E-state index is 0.247. The van der Waals surface area contributed by atoms with Crippen LogP contribution >= 0.6 is 11.6 Å². The van der Waals surface area contributed by atoms with E-state index in [4.69, 9.17) is 31.4 Å². The summed E-state index contributed by atoms with van der Waals surface area (Å²) in [6, 6.07) is 5.31. The van der Waals surface area contributed by atoms with E-state index < -0.39 is 6.09 Å². The van der Waals surface area contributed by atoms with Gasteiger partial charge < -0.3 is 19.5 Å². The minimum atomic E-state index is -0.971. The van der Waals surface area contributed by atoms with Crippen molar-refractivity contribution in [3.05, 3.63) is 28.9 Å². The lowest BCUT2D eigenvalue weighted by Crippen LogP contribution is -2.55. The summed E-state index contributed by atoms with van der Waals surface area (Å²) >= 11 is 6.21. The highest BCUT2D eigenvalue weighted by atomic mass is 35.5. The highest BCUT2D eigenvalue weighted by Crippen LogP contribution is 2.36. The Balaban J connectivity index is 1.94. The third-order valence-electron chi connectivity index (χ3n) is 3.62. The molecule has 0 radical (unpaired) electrons. The fourth-order valence-corrected chi connectivity index (χ4v) is 2.59. The van der Waals surface area contributed by atoms with Gasteiger partial charge >= 0.3 is 6.09 Å². The van der Waals surface area contributed by atoms with Gasteiger partial charge in [-0.15, -0.1) is 0 Å². The number of fused-ring (bicyclic) bond motifs is 1. The number of amides is 1. The Morgan fingerprint density at radius 1 is 1.48 bits per heavy atom. The number of pyridine rings is 1. The SMILES string of the molecule is COc1cc2ncc(C#N)c(Cl)c2cc1OC1CN(C(=O)O)C1. The summed E-state index contributed by atoms with van der Waals surface area (Å²) in [6.07, 6.45) is 0.186. The number of halogens is 1. The van der Waals surface area contributed by atoms with Gasteiger partial charge in [-0.3, -0.25) is 4.98 Å². The molecule has 1 aliphatic heterocycles. The molecule has 2 heterocycles. The number of carboxylic acid groups (broad SMARTS) is 1. The highest BCUT2D eigenvalue weighted by molar-refractivity contribution is 6.36. The van der Waals surface area contributed by atoms with Crippen molar-refractivity contribution >= 4 is 28.6 Å². The number of nitriles is 1. The van der Waals surface area contributed by atoms with Gasteiger partial charge in [-0.1, -0.05) is 11.6 Å². The Labute approximate surface area is 136 Å². The lowest BCUT2D eigenvalue weighted by Gasteiger charge is -2.37. The maximum atomic E-state index is 10.8. The van der Waals surface area contributed by atoms with Crippen LogP contribution in [0.5, 0.6) is 11.5 Å². The number of aromatic nitrogens is 1. The summed E-state index contributed by atoms with van der Waals surface area (Å²) in [5, 5.41) is 18.7. The number of likely N-dealkylation sites (tertiary alicyclic amines) is 1.